The van der Waals surface area contributed by atoms with Crippen molar-refractivity contribution in [2.45, 2.75) is 19.3 Å². The van der Waals surface area contributed by atoms with Crippen molar-refractivity contribution >= 4 is 16.9 Å². The number of alkyl halides is 2. The van der Waals surface area contributed by atoms with Crippen LogP contribution in [0.3, 0.4) is 0 Å². The molecule has 0 saturated carbocycles. The molecule has 0 unspecified atom stereocenters. The first kappa shape index (κ1) is 16.8. The summed E-state index contributed by atoms with van der Waals surface area (Å²) < 4.78 is 28.2. The molecule has 0 atom stereocenters. The van der Waals surface area contributed by atoms with E-state index in [1.165, 1.54) is 12.1 Å². The molecule has 0 saturated heterocycles. The predicted octanol–water partition coefficient (Wildman–Crippen LogP) is 3.48. The third-order valence-electron chi connectivity index (χ3n) is 3.87. The van der Waals surface area contributed by atoms with Crippen LogP contribution in [-0.4, -0.2) is 33.8 Å². The van der Waals surface area contributed by atoms with E-state index in [0.717, 1.165) is 6.92 Å². The topological polar surface area (TPSA) is 81.5 Å². The number of nitrogens with one attached hydrogen (secondary N) is 1. The van der Waals surface area contributed by atoms with Crippen LogP contribution < -0.4 is 4.90 Å². The monoisotopic (exact) mass is 342 g/mol. The average Bonchev–Trinajstić information content (AvgIpc) is 3.02. The Morgan fingerprint density at radius 1 is 1.32 bits per heavy atom. The third-order valence-corrected chi connectivity index (χ3v) is 3.87. The number of fused-ring (bicyclic) bond motifs is 1. The molecule has 3 aromatic rings. The van der Waals surface area contributed by atoms with Crippen LogP contribution in [0.15, 0.2) is 30.5 Å². The highest BCUT2D eigenvalue weighted by atomic mass is 19.3. The van der Waals surface area contributed by atoms with Crippen molar-refractivity contribution in [2.75, 3.05) is 18.5 Å². The molecule has 6 nitrogen and oxygen atoms in total. The standard InChI is InChI=1S/C17H16F2N6/c1-17(18,19)12-6-7-13(25(2)10-4-8-20)22-15(12)14-11-5-3-9-21-16(11)24-23-14/h3,5-7,9H,4,10H2,1-2H3,(H,21,23,24). The van der Waals surface area contributed by atoms with E-state index in [9.17, 15) is 8.78 Å². The second-order valence-electron chi connectivity index (χ2n) is 5.76. The SMILES string of the molecule is CN(CCC#N)c1ccc(C(C)(F)F)c(-c2[nH]nc3ncccc23)n1. The molecule has 3 heterocycles. The van der Waals surface area contributed by atoms with E-state index in [2.05, 4.69) is 26.2 Å². The van der Waals surface area contributed by atoms with E-state index in [1.807, 2.05) is 0 Å². The second kappa shape index (κ2) is 6.43. The van der Waals surface area contributed by atoms with Crippen LogP contribution in [0.5, 0.6) is 0 Å². The lowest BCUT2D eigenvalue weighted by Gasteiger charge is -2.20. The minimum Gasteiger partial charge on any atom is -0.359 e. The zero-order valence-corrected chi connectivity index (χ0v) is 13.8. The maximum Gasteiger partial charge on any atom is 0.272 e. The Labute approximate surface area is 143 Å². The zero-order chi connectivity index (χ0) is 18.0. The van der Waals surface area contributed by atoms with Gasteiger partial charge in [0.25, 0.3) is 5.92 Å². The van der Waals surface area contributed by atoms with E-state index in [-0.39, 0.29) is 11.3 Å². The van der Waals surface area contributed by atoms with Gasteiger partial charge in [0.2, 0.25) is 0 Å². The zero-order valence-electron chi connectivity index (χ0n) is 13.8. The van der Waals surface area contributed by atoms with E-state index >= 15 is 0 Å². The molecule has 0 aliphatic rings. The molecule has 0 aliphatic carbocycles. The molecule has 0 radical (unpaired) electrons. The molecule has 128 valence electrons. The van der Waals surface area contributed by atoms with Gasteiger partial charge in [-0.25, -0.2) is 18.7 Å². The summed E-state index contributed by atoms with van der Waals surface area (Å²) in [5, 5.41) is 16.2. The van der Waals surface area contributed by atoms with Gasteiger partial charge in [0.15, 0.2) is 5.65 Å². The number of H-pyrrole nitrogens is 1. The Morgan fingerprint density at radius 2 is 2.12 bits per heavy atom. The highest BCUT2D eigenvalue weighted by molar-refractivity contribution is 5.90. The summed E-state index contributed by atoms with van der Waals surface area (Å²) in [4.78, 5) is 10.3. The summed E-state index contributed by atoms with van der Waals surface area (Å²) >= 11 is 0. The number of halogens is 2. The van der Waals surface area contributed by atoms with Gasteiger partial charge in [0, 0.05) is 37.7 Å². The lowest BCUT2D eigenvalue weighted by molar-refractivity contribution is 0.0178. The third kappa shape index (κ3) is 3.26. The maximum absolute atomic E-state index is 14.1. The van der Waals surface area contributed by atoms with Crippen LogP contribution in [0.25, 0.3) is 22.4 Å². The van der Waals surface area contributed by atoms with Crippen molar-refractivity contribution in [2.24, 2.45) is 0 Å². The summed E-state index contributed by atoms with van der Waals surface area (Å²) in [5.74, 6) is -2.56. The summed E-state index contributed by atoms with van der Waals surface area (Å²) in [6, 6.07) is 8.43. The summed E-state index contributed by atoms with van der Waals surface area (Å²) in [5.41, 5.74) is 0.770. The molecule has 0 amide bonds. The van der Waals surface area contributed by atoms with Gasteiger partial charge in [-0.05, 0) is 24.3 Å². The molecule has 3 aromatic heterocycles. The molecule has 3 rings (SSSR count). The van der Waals surface area contributed by atoms with E-state index in [1.54, 1.807) is 30.3 Å². The van der Waals surface area contributed by atoms with E-state index in [0.29, 0.717) is 35.5 Å². The fraction of sp³-hybridized carbons (Fsp3) is 0.294. The highest BCUT2D eigenvalue weighted by Gasteiger charge is 2.31. The lowest BCUT2D eigenvalue weighted by Crippen LogP contribution is -2.20. The molecular formula is C17H16F2N6. The Morgan fingerprint density at radius 3 is 2.84 bits per heavy atom. The first-order valence-electron chi connectivity index (χ1n) is 7.68. The van der Waals surface area contributed by atoms with Gasteiger partial charge < -0.3 is 4.90 Å². The van der Waals surface area contributed by atoms with Gasteiger partial charge in [-0.2, -0.15) is 10.4 Å². The van der Waals surface area contributed by atoms with Crippen LogP contribution in [0.2, 0.25) is 0 Å². The summed E-state index contributed by atoms with van der Waals surface area (Å²) in [6.45, 7) is 1.29. The molecule has 0 bridgehead atoms. The lowest BCUT2D eigenvalue weighted by atomic mass is 10.0. The first-order valence-corrected chi connectivity index (χ1v) is 7.68. The normalized spacial score (nSPS) is 11.5. The smallest absolute Gasteiger partial charge is 0.272 e. The van der Waals surface area contributed by atoms with E-state index < -0.39 is 5.92 Å². The quantitative estimate of drug-likeness (QED) is 0.768. The first-order chi connectivity index (χ1) is 11.9. The Kier molecular flexibility index (Phi) is 4.31. The predicted molar refractivity (Wildman–Crippen MR) is 90.2 cm³/mol. The Balaban J connectivity index is 2.16. The number of nitrogens with zero attached hydrogens (tertiary/aromatic N) is 5. The number of aromatic nitrogens is 4. The average molecular weight is 342 g/mol. The number of hydrogen-bond donors (Lipinski definition) is 1. The molecule has 1 N–H and O–H groups in total. The van der Waals surface area contributed by atoms with Gasteiger partial charge in [-0.3, -0.25) is 5.10 Å². The van der Waals surface area contributed by atoms with Crippen LogP contribution in [0.4, 0.5) is 14.6 Å². The van der Waals surface area contributed by atoms with Crippen molar-refractivity contribution in [3.05, 3.63) is 36.0 Å². The molecule has 8 heteroatoms. The molecular weight excluding hydrogens is 326 g/mol. The number of hydrogen-bond acceptors (Lipinski definition) is 5. The largest absolute Gasteiger partial charge is 0.359 e. The van der Waals surface area contributed by atoms with Crippen molar-refractivity contribution < 1.29 is 8.78 Å². The highest BCUT2D eigenvalue weighted by Crippen LogP contribution is 2.37. The van der Waals surface area contributed by atoms with Crippen LogP contribution >= 0.6 is 0 Å². The van der Waals surface area contributed by atoms with Crippen molar-refractivity contribution in [3.63, 3.8) is 0 Å². The van der Waals surface area contributed by atoms with Gasteiger partial charge in [-0.15, -0.1) is 0 Å². The van der Waals surface area contributed by atoms with Crippen LogP contribution in [0.1, 0.15) is 18.9 Å². The fourth-order valence-corrected chi connectivity index (χ4v) is 2.57. The van der Waals surface area contributed by atoms with Gasteiger partial charge in [0.05, 0.1) is 18.2 Å². The van der Waals surface area contributed by atoms with Gasteiger partial charge in [-0.1, -0.05) is 0 Å². The maximum atomic E-state index is 14.1. The number of anilines is 1. The number of pyridine rings is 2. The molecule has 0 spiro atoms. The van der Waals surface area contributed by atoms with Crippen molar-refractivity contribution in [1.82, 2.24) is 20.2 Å². The Hall–Kier alpha value is -3.08. The minimum absolute atomic E-state index is 0.129. The minimum atomic E-state index is -3.06. The van der Waals surface area contributed by atoms with Crippen molar-refractivity contribution in [3.8, 4) is 17.5 Å². The van der Waals surface area contributed by atoms with Crippen LogP contribution in [0, 0.1) is 11.3 Å². The van der Waals surface area contributed by atoms with Crippen molar-refractivity contribution in [1.29, 1.82) is 5.26 Å². The molecule has 25 heavy (non-hydrogen) atoms. The molecule has 0 aromatic carbocycles. The number of nitriles is 1. The summed E-state index contributed by atoms with van der Waals surface area (Å²) in [7, 11) is 1.76. The second-order valence-corrected chi connectivity index (χ2v) is 5.76. The number of rotatable bonds is 5. The van der Waals surface area contributed by atoms with Crippen LogP contribution in [-0.2, 0) is 5.92 Å². The van der Waals surface area contributed by atoms with Gasteiger partial charge in [0.1, 0.15) is 11.5 Å². The summed E-state index contributed by atoms with van der Waals surface area (Å²) in [6.07, 6.45) is 1.90. The number of aromatic amines is 1. The molecule has 0 fully saturated rings. The van der Waals surface area contributed by atoms with E-state index in [4.69, 9.17) is 5.26 Å². The molecule has 0 aliphatic heterocycles. The Bertz CT molecular complexity index is 938. The van der Waals surface area contributed by atoms with Gasteiger partial charge >= 0.3 is 0 Å². The fourth-order valence-electron chi connectivity index (χ4n) is 2.57.